The van der Waals surface area contributed by atoms with Crippen LogP contribution in [0.4, 0.5) is 11.5 Å². The number of nitrogens with zero attached hydrogens (tertiary/aromatic N) is 4. The zero-order valence-electron chi connectivity index (χ0n) is 16.5. The molecular weight excluding hydrogens is 348 g/mol. The highest BCUT2D eigenvalue weighted by Crippen LogP contribution is 2.28. The Balaban J connectivity index is 1.78. The molecule has 0 unspecified atom stereocenters. The molecule has 0 radical (unpaired) electrons. The van der Waals surface area contributed by atoms with Crippen LogP contribution in [0.2, 0.25) is 0 Å². The number of nitro groups is 1. The lowest BCUT2D eigenvalue weighted by atomic mass is 9.94. The lowest BCUT2D eigenvalue weighted by Gasteiger charge is -2.24. The highest BCUT2D eigenvalue weighted by molar-refractivity contribution is 5.75. The number of carbonyl (C=O) groups excluding carboxylic acids is 1. The molecule has 8 nitrogen and oxygen atoms in total. The summed E-state index contributed by atoms with van der Waals surface area (Å²) in [5.74, 6) is 1.12. The third-order valence-corrected chi connectivity index (χ3v) is 5.19. The predicted octanol–water partition coefficient (Wildman–Crippen LogP) is 2.79. The fraction of sp³-hybridized carbons (Fsp3) is 0.684. The van der Waals surface area contributed by atoms with Gasteiger partial charge in [-0.05, 0) is 44.6 Å². The fourth-order valence-electron chi connectivity index (χ4n) is 3.34. The van der Waals surface area contributed by atoms with E-state index in [4.69, 9.17) is 4.74 Å². The number of rotatable bonds is 9. The molecular formula is C19H30N4O4. The summed E-state index contributed by atoms with van der Waals surface area (Å²) in [5, 5.41) is 11.3. The third kappa shape index (κ3) is 6.16. The quantitative estimate of drug-likeness (QED) is 0.485. The average molecular weight is 378 g/mol. The van der Waals surface area contributed by atoms with Gasteiger partial charge in [0.25, 0.3) is 0 Å². The van der Waals surface area contributed by atoms with E-state index in [0.29, 0.717) is 36.8 Å². The van der Waals surface area contributed by atoms with Crippen molar-refractivity contribution >= 4 is 17.4 Å². The number of hydrogen-bond donors (Lipinski definition) is 0. The van der Waals surface area contributed by atoms with Crippen LogP contribution in [-0.2, 0) is 9.53 Å². The minimum absolute atomic E-state index is 0.0189. The minimum Gasteiger partial charge on any atom is -0.381 e. The fourth-order valence-corrected chi connectivity index (χ4v) is 3.34. The first kappa shape index (κ1) is 21.1. The Bertz CT molecular complexity index is 647. The van der Waals surface area contributed by atoms with Gasteiger partial charge in [-0.3, -0.25) is 14.9 Å². The van der Waals surface area contributed by atoms with Gasteiger partial charge >= 0.3 is 5.69 Å². The molecule has 0 N–H and O–H groups in total. The molecule has 2 rings (SSSR count). The van der Waals surface area contributed by atoms with Crippen LogP contribution in [0, 0.1) is 23.0 Å². The summed E-state index contributed by atoms with van der Waals surface area (Å²) in [6.07, 6.45) is 6.27. The van der Waals surface area contributed by atoms with Crippen molar-refractivity contribution in [2.24, 2.45) is 5.92 Å². The first-order valence-electron chi connectivity index (χ1n) is 9.53. The van der Waals surface area contributed by atoms with Crippen molar-refractivity contribution in [3.63, 3.8) is 0 Å². The van der Waals surface area contributed by atoms with Gasteiger partial charge < -0.3 is 14.5 Å². The summed E-state index contributed by atoms with van der Waals surface area (Å²) in [5.41, 5.74) is 0.597. The van der Waals surface area contributed by atoms with Crippen LogP contribution in [0.3, 0.4) is 0 Å². The maximum absolute atomic E-state index is 12.3. The second kappa shape index (κ2) is 10.2. The number of ether oxygens (including phenoxy) is 1. The van der Waals surface area contributed by atoms with E-state index in [-0.39, 0.29) is 11.6 Å². The van der Waals surface area contributed by atoms with Crippen molar-refractivity contribution in [2.75, 3.05) is 45.3 Å². The van der Waals surface area contributed by atoms with E-state index < -0.39 is 4.92 Å². The zero-order chi connectivity index (χ0) is 19.8. The summed E-state index contributed by atoms with van der Waals surface area (Å²) in [4.78, 5) is 30.8. The Kier molecular flexibility index (Phi) is 7.97. The number of carbonyl (C=O) groups is 1. The molecule has 2 heterocycles. The SMILES string of the molecule is Cc1ccnc(N(C)CCN(C)C(=O)CCCC2CCOCC2)c1[N+](=O)[O-]. The van der Waals surface area contributed by atoms with Crippen LogP contribution in [-0.4, -0.2) is 61.1 Å². The van der Waals surface area contributed by atoms with E-state index in [1.807, 2.05) is 0 Å². The van der Waals surface area contributed by atoms with Gasteiger partial charge in [0.15, 0.2) is 0 Å². The summed E-state index contributed by atoms with van der Waals surface area (Å²) in [6.45, 7) is 4.36. The number of pyridine rings is 1. The molecule has 1 aromatic heterocycles. The first-order chi connectivity index (χ1) is 12.9. The smallest absolute Gasteiger partial charge is 0.314 e. The van der Waals surface area contributed by atoms with E-state index in [1.165, 1.54) is 0 Å². The molecule has 150 valence electrons. The lowest BCUT2D eigenvalue weighted by Crippen LogP contribution is -2.35. The Labute approximate surface area is 160 Å². The molecule has 1 aromatic rings. The van der Waals surface area contributed by atoms with E-state index in [2.05, 4.69) is 4.98 Å². The van der Waals surface area contributed by atoms with Crippen molar-refractivity contribution in [2.45, 2.75) is 39.0 Å². The highest BCUT2D eigenvalue weighted by Gasteiger charge is 2.22. The summed E-state index contributed by atoms with van der Waals surface area (Å²) >= 11 is 0. The van der Waals surface area contributed by atoms with Crippen molar-refractivity contribution in [3.05, 3.63) is 27.9 Å². The van der Waals surface area contributed by atoms with Crippen molar-refractivity contribution in [1.82, 2.24) is 9.88 Å². The third-order valence-electron chi connectivity index (χ3n) is 5.19. The number of likely N-dealkylation sites (N-methyl/N-ethyl adjacent to an activating group) is 2. The first-order valence-corrected chi connectivity index (χ1v) is 9.53. The largest absolute Gasteiger partial charge is 0.381 e. The Morgan fingerprint density at radius 3 is 2.70 bits per heavy atom. The van der Waals surface area contributed by atoms with Crippen LogP contribution in [0.25, 0.3) is 0 Å². The standard InChI is InChI=1S/C19H30N4O4/c1-15-7-10-20-19(18(15)23(25)26)22(3)12-11-21(2)17(24)6-4-5-16-8-13-27-14-9-16/h7,10,16H,4-6,8-9,11-14H2,1-3H3. The summed E-state index contributed by atoms with van der Waals surface area (Å²) in [6, 6.07) is 1.63. The molecule has 0 bridgehead atoms. The number of amides is 1. The second-order valence-corrected chi connectivity index (χ2v) is 7.24. The van der Waals surface area contributed by atoms with Gasteiger partial charge in [0.1, 0.15) is 0 Å². The van der Waals surface area contributed by atoms with E-state index in [1.54, 1.807) is 43.1 Å². The maximum atomic E-state index is 12.3. The molecule has 1 amide bonds. The van der Waals surface area contributed by atoms with Crippen molar-refractivity contribution < 1.29 is 14.5 Å². The van der Waals surface area contributed by atoms with E-state index in [9.17, 15) is 14.9 Å². The molecule has 0 spiro atoms. The van der Waals surface area contributed by atoms with Crippen LogP contribution in [0.5, 0.6) is 0 Å². The molecule has 1 saturated heterocycles. The van der Waals surface area contributed by atoms with Crippen LogP contribution in [0.1, 0.15) is 37.7 Å². The van der Waals surface area contributed by atoms with E-state index in [0.717, 1.165) is 38.9 Å². The Hall–Kier alpha value is -2.22. The highest BCUT2D eigenvalue weighted by atomic mass is 16.6. The van der Waals surface area contributed by atoms with Gasteiger partial charge in [0, 0.05) is 58.6 Å². The summed E-state index contributed by atoms with van der Waals surface area (Å²) in [7, 11) is 3.54. The van der Waals surface area contributed by atoms with Crippen LogP contribution in [0.15, 0.2) is 12.3 Å². The van der Waals surface area contributed by atoms with Crippen LogP contribution < -0.4 is 4.90 Å². The maximum Gasteiger partial charge on any atom is 0.314 e. The van der Waals surface area contributed by atoms with Crippen molar-refractivity contribution in [3.8, 4) is 0 Å². The molecule has 1 aliphatic rings. The number of aromatic nitrogens is 1. The molecule has 1 fully saturated rings. The van der Waals surface area contributed by atoms with Gasteiger partial charge in [-0.15, -0.1) is 0 Å². The molecule has 0 saturated carbocycles. The van der Waals surface area contributed by atoms with Gasteiger partial charge in [0.2, 0.25) is 11.7 Å². The lowest BCUT2D eigenvalue weighted by molar-refractivity contribution is -0.384. The van der Waals surface area contributed by atoms with Crippen molar-refractivity contribution in [1.29, 1.82) is 0 Å². The van der Waals surface area contributed by atoms with Gasteiger partial charge in [-0.25, -0.2) is 4.98 Å². The number of anilines is 1. The molecule has 27 heavy (non-hydrogen) atoms. The van der Waals surface area contributed by atoms with Gasteiger partial charge in [0.05, 0.1) is 4.92 Å². The molecule has 0 aromatic carbocycles. The molecule has 0 aliphatic carbocycles. The number of aryl methyl sites for hydroxylation is 1. The van der Waals surface area contributed by atoms with Gasteiger partial charge in [-0.2, -0.15) is 0 Å². The molecule has 8 heteroatoms. The van der Waals surface area contributed by atoms with Crippen LogP contribution >= 0.6 is 0 Å². The predicted molar refractivity (Wildman–Crippen MR) is 104 cm³/mol. The monoisotopic (exact) mass is 378 g/mol. The Morgan fingerprint density at radius 1 is 1.33 bits per heavy atom. The average Bonchev–Trinajstić information content (AvgIpc) is 2.66. The second-order valence-electron chi connectivity index (χ2n) is 7.24. The molecule has 1 aliphatic heterocycles. The zero-order valence-corrected chi connectivity index (χ0v) is 16.5. The normalized spacial score (nSPS) is 14.8. The van der Waals surface area contributed by atoms with Gasteiger partial charge in [-0.1, -0.05) is 0 Å². The minimum atomic E-state index is -0.403. The summed E-state index contributed by atoms with van der Waals surface area (Å²) < 4.78 is 5.36. The topological polar surface area (TPSA) is 88.8 Å². The number of hydrogen-bond acceptors (Lipinski definition) is 6. The van der Waals surface area contributed by atoms with E-state index >= 15 is 0 Å². The molecule has 0 atom stereocenters. The Morgan fingerprint density at radius 2 is 2.04 bits per heavy atom.